The van der Waals surface area contributed by atoms with E-state index in [1.807, 2.05) is 12.1 Å². The van der Waals surface area contributed by atoms with Crippen molar-refractivity contribution in [1.29, 1.82) is 0 Å². The van der Waals surface area contributed by atoms with Crippen molar-refractivity contribution >= 4 is 90.6 Å². The molecule has 2 N–H and O–H groups in total. The summed E-state index contributed by atoms with van der Waals surface area (Å²) in [6.45, 7) is 0. The lowest BCUT2D eigenvalue weighted by atomic mass is 10.1. The molecule has 0 bridgehead atoms. The first-order valence-electron chi connectivity index (χ1n) is 10.8. The fourth-order valence-corrected chi connectivity index (χ4v) is 6.83. The molecule has 37 heavy (non-hydrogen) atoms. The summed E-state index contributed by atoms with van der Waals surface area (Å²) in [4.78, 5) is 24.8. The molecule has 0 aliphatic rings. The highest BCUT2D eigenvalue weighted by atomic mass is 35.5. The maximum Gasteiger partial charge on any atom is 0.259 e. The van der Waals surface area contributed by atoms with E-state index in [4.69, 9.17) is 11.6 Å². The number of fused-ring (bicyclic) bond motifs is 1. The molecule has 13 heteroatoms. The van der Waals surface area contributed by atoms with Crippen LogP contribution in [0.25, 0.3) is 10.8 Å². The van der Waals surface area contributed by atoms with Gasteiger partial charge in [-0.2, -0.15) is 0 Å². The molecule has 2 heterocycles. The van der Waals surface area contributed by atoms with Gasteiger partial charge in [-0.3, -0.25) is 20.2 Å². The van der Waals surface area contributed by atoms with Crippen LogP contribution in [0.2, 0.25) is 5.02 Å². The topological polar surface area (TPSA) is 110 Å². The van der Waals surface area contributed by atoms with Crippen molar-refractivity contribution < 1.29 is 9.59 Å². The zero-order valence-electron chi connectivity index (χ0n) is 18.9. The number of carbonyl (C=O) groups is 2. The molecule has 0 fully saturated rings. The van der Waals surface area contributed by atoms with Gasteiger partial charge in [0, 0.05) is 5.75 Å². The van der Waals surface area contributed by atoms with Crippen LogP contribution in [-0.4, -0.2) is 38.0 Å². The second-order valence-corrected chi connectivity index (χ2v) is 12.3. The Morgan fingerprint density at radius 3 is 2.27 bits per heavy atom. The van der Waals surface area contributed by atoms with Crippen LogP contribution in [0.1, 0.15) is 15.9 Å². The highest BCUT2D eigenvalue weighted by Crippen LogP contribution is 2.31. The average Bonchev–Trinajstić information content (AvgIpc) is 3.55. The van der Waals surface area contributed by atoms with E-state index < -0.39 is 0 Å². The molecule has 0 saturated heterocycles. The third-order valence-corrected chi connectivity index (χ3v) is 9.28. The molecule has 5 aromatic rings. The Morgan fingerprint density at radius 2 is 1.46 bits per heavy atom. The number of hydrogen-bond acceptors (Lipinski definition) is 10. The van der Waals surface area contributed by atoms with Gasteiger partial charge in [0.1, 0.15) is 0 Å². The third kappa shape index (κ3) is 6.65. The van der Waals surface area contributed by atoms with Crippen molar-refractivity contribution in [2.75, 3.05) is 16.4 Å². The van der Waals surface area contributed by atoms with Crippen molar-refractivity contribution in [3.05, 3.63) is 82.9 Å². The smallest absolute Gasteiger partial charge is 0.259 e. The fraction of sp³-hybridized carbons (Fsp3) is 0.0833. The van der Waals surface area contributed by atoms with E-state index in [9.17, 15) is 9.59 Å². The van der Waals surface area contributed by atoms with Crippen molar-refractivity contribution in [1.82, 2.24) is 20.4 Å². The summed E-state index contributed by atoms with van der Waals surface area (Å²) in [6, 6.07) is 21.3. The van der Waals surface area contributed by atoms with Crippen LogP contribution in [0.4, 0.5) is 10.3 Å². The Morgan fingerprint density at radius 1 is 0.784 bits per heavy atom. The second-order valence-electron chi connectivity index (χ2n) is 7.44. The van der Waals surface area contributed by atoms with Gasteiger partial charge in [0.15, 0.2) is 8.68 Å². The maximum absolute atomic E-state index is 12.4. The van der Waals surface area contributed by atoms with Gasteiger partial charge in [-0.25, -0.2) is 0 Å². The first-order chi connectivity index (χ1) is 18.0. The third-order valence-electron chi connectivity index (χ3n) is 4.96. The number of anilines is 2. The van der Waals surface area contributed by atoms with Gasteiger partial charge >= 0.3 is 0 Å². The number of thioether (sulfide) groups is 2. The van der Waals surface area contributed by atoms with Crippen molar-refractivity contribution in [3.63, 3.8) is 0 Å². The van der Waals surface area contributed by atoms with E-state index in [2.05, 4.69) is 61.4 Å². The molecule has 2 amide bonds. The second kappa shape index (κ2) is 12.0. The number of benzene rings is 3. The van der Waals surface area contributed by atoms with E-state index in [1.54, 1.807) is 36.0 Å². The van der Waals surface area contributed by atoms with Gasteiger partial charge in [-0.05, 0) is 28.5 Å². The lowest BCUT2D eigenvalue weighted by Crippen LogP contribution is -2.13. The zero-order valence-corrected chi connectivity index (χ0v) is 22.9. The van der Waals surface area contributed by atoms with E-state index >= 15 is 0 Å². The number of rotatable bonds is 9. The summed E-state index contributed by atoms with van der Waals surface area (Å²) in [5.41, 5.74) is 1.57. The highest BCUT2D eigenvalue weighted by Gasteiger charge is 2.15. The molecule has 0 atom stereocenters. The summed E-state index contributed by atoms with van der Waals surface area (Å²) in [5, 5.41) is 25.2. The minimum atomic E-state index is -0.374. The van der Waals surface area contributed by atoms with Crippen LogP contribution in [0.5, 0.6) is 0 Å². The van der Waals surface area contributed by atoms with Gasteiger partial charge in [-0.15, -0.1) is 20.4 Å². The zero-order chi connectivity index (χ0) is 25.6. The molecule has 3 aromatic carbocycles. The highest BCUT2D eigenvalue weighted by molar-refractivity contribution is 8.01. The SMILES string of the molecule is O=C(CSc1nnc(NC(=O)c2ccccc2Cl)s1)Nc1nnc(SCc2cccc3ccccc23)s1. The standard InChI is InChI=1S/C24H17ClN6O2S4/c25-18-11-4-3-10-17(18)20(33)27-22-29-31-24(37-22)35-13-19(32)26-21-28-30-23(36-21)34-12-15-8-5-7-14-6-1-2-9-16(14)15/h1-11H,12-13H2,(H,26,28,32)(H,27,29,33). The molecule has 0 saturated carbocycles. The molecule has 0 spiro atoms. The van der Waals surface area contributed by atoms with Gasteiger partial charge in [0.05, 0.1) is 16.3 Å². The number of carbonyl (C=O) groups excluding carboxylic acids is 2. The van der Waals surface area contributed by atoms with E-state index in [0.29, 0.717) is 25.2 Å². The average molecular weight is 585 g/mol. The first-order valence-corrected chi connectivity index (χ1v) is 14.8. The van der Waals surface area contributed by atoms with Gasteiger partial charge in [0.2, 0.25) is 16.2 Å². The summed E-state index contributed by atoms with van der Waals surface area (Å²) >= 11 is 11.4. The van der Waals surface area contributed by atoms with E-state index in [1.165, 1.54) is 50.8 Å². The normalized spacial score (nSPS) is 10.9. The molecule has 0 radical (unpaired) electrons. The Kier molecular flexibility index (Phi) is 8.31. The van der Waals surface area contributed by atoms with Crippen LogP contribution in [0, 0.1) is 0 Å². The van der Waals surface area contributed by atoms with Gasteiger partial charge < -0.3 is 0 Å². The summed E-state index contributed by atoms with van der Waals surface area (Å²) in [5.74, 6) is 0.266. The molecule has 0 aliphatic heterocycles. The lowest BCUT2D eigenvalue weighted by Gasteiger charge is -2.04. The molecule has 8 nitrogen and oxygen atoms in total. The number of halogens is 1. The van der Waals surface area contributed by atoms with Crippen LogP contribution < -0.4 is 10.6 Å². The number of hydrogen-bond donors (Lipinski definition) is 2. The van der Waals surface area contributed by atoms with Crippen LogP contribution in [-0.2, 0) is 10.5 Å². The molecule has 2 aromatic heterocycles. The Hall–Kier alpha value is -3.03. The predicted molar refractivity (Wildman–Crippen MR) is 152 cm³/mol. The Labute approximate surface area is 233 Å². The maximum atomic E-state index is 12.4. The Bertz CT molecular complexity index is 1570. The summed E-state index contributed by atoms with van der Waals surface area (Å²) in [6.07, 6.45) is 0. The summed E-state index contributed by atoms with van der Waals surface area (Å²) < 4.78 is 1.33. The number of nitrogens with zero attached hydrogens (tertiary/aromatic N) is 4. The van der Waals surface area contributed by atoms with Crippen LogP contribution in [0.3, 0.4) is 0 Å². The van der Waals surface area contributed by atoms with E-state index in [-0.39, 0.29) is 17.6 Å². The van der Waals surface area contributed by atoms with Crippen molar-refractivity contribution in [3.8, 4) is 0 Å². The van der Waals surface area contributed by atoms with Crippen molar-refractivity contribution in [2.24, 2.45) is 0 Å². The van der Waals surface area contributed by atoms with Gasteiger partial charge in [-0.1, -0.05) is 112 Å². The molecule has 0 aliphatic carbocycles. The predicted octanol–water partition coefficient (Wildman–Crippen LogP) is 6.47. The van der Waals surface area contributed by atoms with E-state index in [0.717, 1.165) is 10.1 Å². The monoisotopic (exact) mass is 584 g/mol. The van der Waals surface area contributed by atoms with Crippen molar-refractivity contribution in [2.45, 2.75) is 14.4 Å². The number of aromatic nitrogens is 4. The minimum absolute atomic E-state index is 0.116. The summed E-state index contributed by atoms with van der Waals surface area (Å²) in [7, 11) is 0. The quantitative estimate of drug-likeness (QED) is 0.150. The largest absolute Gasteiger partial charge is 0.300 e. The minimum Gasteiger partial charge on any atom is -0.300 e. The van der Waals surface area contributed by atoms with Crippen LogP contribution in [0.15, 0.2) is 75.4 Å². The molecule has 0 unspecified atom stereocenters. The lowest BCUT2D eigenvalue weighted by molar-refractivity contribution is -0.113. The number of nitrogens with one attached hydrogen (secondary N) is 2. The Balaban J connectivity index is 1.10. The molecule has 186 valence electrons. The molecular weight excluding hydrogens is 568 g/mol. The first kappa shape index (κ1) is 25.6. The van der Waals surface area contributed by atoms with Crippen LogP contribution >= 0.6 is 57.8 Å². The molecular formula is C24H17ClN6O2S4. The van der Waals surface area contributed by atoms with Gasteiger partial charge in [0.25, 0.3) is 5.91 Å². The fourth-order valence-electron chi connectivity index (χ4n) is 3.29. The molecule has 5 rings (SSSR count). The number of amides is 2.